The van der Waals surface area contributed by atoms with E-state index in [2.05, 4.69) is 39.7 Å². The molecule has 1 heterocycles. The topological polar surface area (TPSA) is 51.0 Å². The second kappa shape index (κ2) is 5.53. The highest BCUT2D eigenvalue weighted by Crippen LogP contribution is 2.41. The van der Waals surface area contributed by atoms with Gasteiger partial charge in [-0.3, -0.25) is 0 Å². The third-order valence-electron chi connectivity index (χ3n) is 3.48. The number of rotatable bonds is 6. The van der Waals surface area contributed by atoms with Crippen LogP contribution >= 0.6 is 0 Å². The number of nitrogens with one attached hydrogen (secondary N) is 1. The Balaban J connectivity index is 1.49. The molecule has 1 N–H and O–H groups in total. The summed E-state index contributed by atoms with van der Waals surface area (Å²) < 4.78 is 4.95. The lowest BCUT2D eigenvalue weighted by Crippen LogP contribution is -2.18. The first kappa shape index (κ1) is 12.4. The van der Waals surface area contributed by atoms with Crippen LogP contribution in [0.15, 0.2) is 28.8 Å². The van der Waals surface area contributed by atoms with Gasteiger partial charge in [0.25, 0.3) is 0 Å². The first-order valence-corrected chi connectivity index (χ1v) is 6.90. The average Bonchev–Trinajstić information content (AvgIpc) is 3.19. The number of aryl methyl sites for hydroxylation is 1. The summed E-state index contributed by atoms with van der Waals surface area (Å²) >= 11 is 0. The van der Waals surface area contributed by atoms with Crippen molar-refractivity contribution < 1.29 is 4.52 Å². The molecule has 0 radical (unpaired) electrons. The molecule has 4 nitrogen and oxygen atoms in total. The largest absolute Gasteiger partial charge is 0.340 e. The molecule has 1 aliphatic carbocycles. The fraction of sp³-hybridized carbons (Fsp3) is 0.467. The van der Waals surface area contributed by atoms with Crippen molar-refractivity contribution in [3.05, 3.63) is 47.1 Å². The maximum Gasteiger partial charge on any atom is 0.223 e. The van der Waals surface area contributed by atoms with E-state index in [1.807, 2.05) is 6.92 Å². The minimum Gasteiger partial charge on any atom is -0.340 e. The van der Waals surface area contributed by atoms with Crippen LogP contribution in [0.4, 0.5) is 0 Å². The van der Waals surface area contributed by atoms with Crippen LogP contribution < -0.4 is 5.32 Å². The maximum absolute atomic E-state index is 4.95. The van der Waals surface area contributed by atoms with Gasteiger partial charge in [-0.25, -0.2) is 0 Å². The van der Waals surface area contributed by atoms with Crippen LogP contribution in [0.1, 0.15) is 41.6 Å². The highest BCUT2D eigenvalue weighted by Gasteiger charge is 2.25. The molecule has 1 aromatic heterocycles. The van der Waals surface area contributed by atoms with E-state index in [0.717, 1.165) is 31.3 Å². The highest BCUT2D eigenvalue weighted by molar-refractivity contribution is 5.33. The van der Waals surface area contributed by atoms with Crippen molar-refractivity contribution in [3.8, 4) is 0 Å². The molecule has 0 unspecified atom stereocenters. The first-order chi connectivity index (χ1) is 9.33. The number of nitrogens with zero attached hydrogens (tertiary/aromatic N) is 2. The van der Waals surface area contributed by atoms with Crippen molar-refractivity contribution in [2.24, 2.45) is 0 Å². The Morgan fingerprint density at radius 1 is 1.32 bits per heavy atom. The number of benzene rings is 1. The summed E-state index contributed by atoms with van der Waals surface area (Å²) in [6.07, 6.45) is 3.50. The van der Waals surface area contributed by atoms with Gasteiger partial charge >= 0.3 is 0 Å². The quantitative estimate of drug-likeness (QED) is 0.808. The van der Waals surface area contributed by atoms with Gasteiger partial charge in [0.1, 0.15) is 0 Å². The molecule has 4 heteroatoms. The molecule has 1 aliphatic rings. The summed E-state index contributed by atoms with van der Waals surface area (Å²) in [5.41, 5.74) is 2.94. The van der Waals surface area contributed by atoms with Crippen LogP contribution in [-0.2, 0) is 13.0 Å². The molecule has 1 aromatic carbocycles. The van der Waals surface area contributed by atoms with E-state index < -0.39 is 0 Å². The van der Waals surface area contributed by atoms with E-state index in [9.17, 15) is 0 Å². The van der Waals surface area contributed by atoms with Gasteiger partial charge in [0.2, 0.25) is 5.89 Å². The maximum atomic E-state index is 4.95. The molecule has 19 heavy (non-hydrogen) atoms. The summed E-state index contributed by atoms with van der Waals surface area (Å²) in [4.78, 5) is 4.19. The number of hydrogen-bond donors (Lipinski definition) is 1. The SMILES string of the molecule is Cc1nc(CCNCc2ccccc2C2CC2)no1. The van der Waals surface area contributed by atoms with Crippen molar-refractivity contribution in [3.63, 3.8) is 0 Å². The molecule has 0 spiro atoms. The lowest BCUT2D eigenvalue weighted by atomic mass is 10.0. The van der Waals surface area contributed by atoms with Crippen LogP contribution in [0.25, 0.3) is 0 Å². The fourth-order valence-corrected chi connectivity index (χ4v) is 2.35. The lowest BCUT2D eigenvalue weighted by Gasteiger charge is -2.09. The molecule has 0 bridgehead atoms. The standard InChI is InChI=1S/C15H19N3O/c1-11-17-15(18-19-11)8-9-16-10-13-4-2-3-5-14(13)12-6-7-12/h2-5,12,16H,6-10H2,1H3. The summed E-state index contributed by atoms with van der Waals surface area (Å²) in [6, 6.07) is 8.74. The van der Waals surface area contributed by atoms with E-state index in [1.165, 1.54) is 24.0 Å². The lowest BCUT2D eigenvalue weighted by molar-refractivity contribution is 0.387. The molecule has 3 rings (SSSR count). The zero-order valence-electron chi connectivity index (χ0n) is 11.2. The van der Waals surface area contributed by atoms with E-state index in [1.54, 1.807) is 0 Å². The Kier molecular flexibility index (Phi) is 3.60. The van der Waals surface area contributed by atoms with Gasteiger partial charge in [0, 0.05) is 26.4 Å². The molecule has 0 atom stereocenters. The molecular formula is C15H19N3O. The summed E-state index contributed by atoms with van der Waals surface area (Å²) in [7, 11) is 0. The van der Waals surface area contributed by atoms with Crippen LogP contribution in [0.5, 0.6) is 0 Å². The molecule has 0 aliphatic heterocycles. The van der Waals surface area contributed by atoms with Gasteiger partial charge in [-0.05, 0) is 29.9 Å². The average molecular weight is 257 g/mol. The molecular weight excluding hydrogens is 238 g/mol. The Morgan fingerprint density at radius 3 is 2.89 bits per heavy atom. The zero-order valence-corrected chi connectivity index (χ0v) is 11.2. The molecule has 1 saturated carbocycles. The summed E-state index contributed by atoms with van der Waals surface area (Å²) in [5, 5.41) is 7.35. The van der Waals surface area contributed by atoms with Crippen LogP contribution in [0.3, 0.4) is 0 Å². The minimum absolute atomic E-state index is 0.633. The van der Waals surface area contributed by atoms with Gasteiger partial charge < -0.3 is 9.84 Å². The molecule has 1 fully saturated rings. The van der Waals surface area contributed by atoms with E-state index in [0.29, 0.717) is 5.89 Å². The fourth-order valence-electron chi connectivity index (χ4n) is 2.35. The van der Waals surface area contributed by atoms with Crippen LogP contribution in [-0.4, -0.2) is 16.7 Å². The predicted molar refractivity (Wildman–Crippen MR) is 72.9 cm³/mol. The number of aromatic nitrogens is 2. The van der Waals surface area contributed by atoms with Crippen molar-refractivity contribution in [2.75, 3.05) is 6.54 Å². The normalized spacial score (nSPS) is 14.8. The zero-order chi connectivity index (χ0) is 13.1. The Labute approximate surface area is 113 Å². The Hall–Kier alpha value is -1.68. The second-order valence-electron chi connectivity index (χ2n) is 5.13. The molecule has 0 saturated heterocycles. The van der Waals surface area contributed by atoms with E-state index in [-0.39, 0.29) is 0 Å². The summed E-state index contributed by atoms with van der Waals surface area (Å²) in [5.74, 6) is 2.22. The molecule has 100 valence electrons. The Bertz CT molecular complexity index is 546. The van der Waals surface area contributed by atoms with Gasteiger partial charge in [-0.15, -0.1) is 0 Å². The van der Waals surface area contributed by atoms with Gasteiger partial charge in [0.15, 0.2) is 5.82 Å². The van der Waals surface area contributed by atoms with Gasteiger partial charge in [0.05, 0.1) is 0 Å². The van der Waals surface area contributed by atoms with Crippen LogP contribution in [0, 0.1) is 6.92 Å². The van der Waals surface area contributed by atoms with Crippen molar-refractivity contribution >= 4 is 0 Å². The third kappa shape index (κ3) is 3.20. The molecule has 2 aromatic rings. The van der Waals surface area contributed by atoms with Crippen molar-refractivity contribution in [1.29, 1.82) is 0 Å². The number of hydrogen-bond acceptors (Lipinski definition) is 4. The van der Waals surface area contributed by atoms with Crippen molar-refractivity contribution in [1.82, 2.24) is 15.5 Å². The van der Waals surface area contributed by atoms with E-state index >= 15 is 0 Å². The third-order valence-corrected chi connectivity index (χ3v) is 3.48. The summed E-state index contributed by atoms with van der Waals surface area (Å²) in [6.45, 7) is 3.61. The van der Waals surface area contributed by atoms with Gasteiger partial charge in [-0.2, -0.15) is 4.98 Å². The van der Waals surface area contributed by atoms with Crippen LogP contribution in [0.2, 0.25) is 0 Å². The predicted octanol–water partition coefficient (Wildman–Crippen LogP) is 2.59. The van der Waals surface area contributed by atoms with Gasteiger partial charge in [-0.1, -0.05) is 29.4 Å². The molecule has 0 amide bonds. The highest BCUT2D eigenvalue weighted by atomic mass is 16.5. The smallest absolute Gasteiger partial charge is 0.223 e. The first-order valence-electron chi connectivity index (χ1n) is 6.90. The minimum atomic E-state index is 0.633. The monoisotopic (exact) mass is 257 g/mol. The second-order valence-corrected chi connectivity index (χ2v) is 5.13. The Morgan fingerprint density at radius 2 is 2.16 bits per heavy atom. The van der Waals surface area contributed by atoms with Crippen molar-refractivity contribution in [2.45, 2.75) is 38.6 Å². The van der Waals surface area contributed by atoms with E-state index in [4.69, 9.17) is 4.52 Å².